The van der Waals surface area contributed by atoms with Crippen molar-refractivity contribution in [1.82, 2.24) is 9.88 Å². The van der Waals surface area contributed by atoms with E-state index >= 15 is 0 Å². The number of carbonyl (C=O) groups excluding carboxylic acids is 1. The Morgan fingerprint density at radius 2 is 2.22 bits per heavy atom. The van der Waals surface area contributed by atoms with Gasteiger partial charge in [0.15, 0.2) is 0 Å². The van der Waals surface area contributed by atoms with Gasteiger partial charge in [-0.1, -0.05) is 0 Å². The van der Waals surface area contributed by atoms with Crippen LogP contribution in [0, 0.1) is 5.92 Å². The van der Waals surface area contributed by atoms with Gasteiger partial charge < -0.3 is 9.64 Å². The minimum absolute atomic E-state index is 0.0292. The van der Waals surface area contributed by atoms with E-state index in [-0.39, 0.29) is 5.91 Å². The van der Waals surface area contributed by atoms with Crippen LogP contribution in [0.3, 0.4) is 0 Å². The molecule has 5 heteroatoms. The fourth-order valence-corrected chi connectivity index (χ4v) is 2.36. The highest BCUT2D eigenvalue weighted by Gasteiger charge is 2.19. The molecule has 2 rings (SSSR count). The van der Waals surface area contributed by atoms with Gasteiger partial charge in [-0.2, -0.15) is 0 Å². The first kappa shape index (κ1) is 13.5. The number of rotatable bonds is 3. The molecule has 0 radical (unpaired) electrons. The number of hydrogen-bond acceptors (Lipinski definition) is 3. The lowest BCUT2D eigenvalue weighted by Crippen LogP contribution is -2.34. The van der Waals surface area contributed by atoms with E-state index in [9.17, 15) is 4.79 Å². The van der Waals surface area contributed by atoms with E-state index in [1.54, 1.807) is 23.2 Å². The Morgan fingerprint density at radius 3 is 2.83 bits per heavy atom. The summed E-state index contributed by atoms with van der Waals surface area (Å²) in [6.45, 7) is 2.41. The van der Waals surface area contributed by atoms with E-state index in [1.165, 1.54) is 0 Å². The topological polar surface area (TPSA) is 42.4 Å². The number of carbonyl (C=O) groups is 1. The molecule has 0 unspecified atom stereocenters. The van der Waals surface area contributed by atoms with Crippen LogP contribution in [0.2, 0.25) is 0 Å². The molecule has 0 N–H and O–H groups in total. The normalized spacial score (nSPS) is 16.6. The van der Waals surface area contributed by atoms with E-state index < -0.39 is 0 Å². The summed E-state index contributed by atoms with van der Waals surface area (Å²) in [4.78, 5) is 18.0. The molecule has 0 atom stereocenters. The van der Waals surface area contributed by atoms with Gasteiger partial charge in [0, 0.05) is 33.0 Å². The number of halogens is 1. The maximum atomic E-state index is 12.2. The van der Waals surface area contributed by atoms with Crippen LogP contribution >= 0.6 is 15.9 Å². The van der Waals surface area contributed by atoms with Gasteiger partial charge in [-0.3, -0.25) is 4.79 Å². The van der Waals surface area contributed by atoms with Gasteiger partial charge in [-0.25, -0.2) is 4.98 Å². The third kappa shape index (κ3) is 3.53. The number of ether oxygens (including phenoxy) is 1. The molecule has 0 bridgehead atoms. The Hall–Kier alpha value is -0.940. The van der Waals surface area contributed by atoms with Crippen molar-refractivity contribution in [3.63, 3.8) is 0 Å². The van der Waals surface area contributed by atoms with Crippen LogP contribution in [-0.4, -0.2) is 42.6 Å². The maximum absolute atomic E-state index is 12.2. The Bertz CT molecular complexity index is 402. The predicted octanol–water partition coefficient (Wildman–Crippen LogP) is 2.34. The Morgan fingerprint density at radius 1 is 1.50 bits per heavy atom. The zero-order valence-corrected chi connectivity index (χ0v) is 12.0. The molecule has 1 aromatic heterocycles. The SMILES string of the molecule is CN(CC1CCOCC1)C(=O)c1ccc(Br)nc1. The number of amides is 1. The summed E-state index contributed by atoms with van der Waals surface area (Å²) < 4.78 is 6.06. The van der Waals surface area contributed by atoms with Crippen molar-refractivity contribution in [2.24, 2.45) is 5.92 Å². The maximum Gasteiger partial charge on any atom is 0.255 e. The standard InChI is InChI=1S/C13H17BrN2O2/c1-16(9-10-4-6-18-7-5-10)13(17)11-2-3-12(14)15-8-11/h2-3,8,10H,4-7,9H2,1H3. The summed E-state index contributed by atoms with van der Waals surface area (Å²) in [6.07, 6.45) is 3.68. The van der Waals surface area contributed by atoms with Crippen LogP contribution in [0.4, 0.5) is 0 Å². The van der Waals surface area contributed by atoms with Gasteiger partial charge in [0.1, 0.15) is 4.60 Å². The van der Waals surface area contributed by atoms with Crippen LogP contribution in [0.5, 0.6) is 0 Å². The quantitative estimate of drug-likeness (QED) is 0.805. The Kier molecular flexibility index (Phi) is 4.72. The molecular weight excluding hydrogens is 296 g/mol. The van der Waals surface area contributed by atoms with Crippen molar-refractivity contribution in [3.8, 4) is 0 Å². The fraction of sp³-hybridized carbons (Fsp3) is 0.538. The molecule has 2 heterocycles. The average Bonchev–Trinajstić information content (AvgIpc) is 2.40. The monoisotopic (exact) mass is 312 g/mol. The molecule has 0 saturated carbocycles. The van der Waals surface area contributed by atoms with Crippen molar-refractivity contribution in [3.05, 3.63) is 28.5 Å². The largest absolute Gasteiger partial charge is 0.381 e. The van der Waals surface area contributed by atoms with Gasteiger partial charge in [0.05, 0.1) is 5.56 Å². The van der Waals surface area contributed by atoms with Crippen molar-refractivity contribution >= 4 is 21.8 Å². The Balaban J connectivity index is 1.93. The van der Waals surface area contributed by atoms with E-state index in [2.05, 4.69) is 20.9 Å². The highest BCUT2D eigenvalue weighted by atomic mass is 79.9. The molecule has 98 valence electrons. The molecule has 1 fully saturated rings. The van der Waals surface area contributed by atoms with Crippen LogP contribution < -0.4 is 0 Å². The summed E-state index contributed by atoms with van der Waals surface area (Å²) in [6, 6.07) is 3.58. The molecule has 1 amide bonds. The second-order valence-corrected chi connectivity index (χ2v) is 5.42. The van der Waals surface area contributed by atoms with E-state index in [0.717, 1.165) is 37.2 Å². The summed E-state index contributed by atoms with van der Waals surface area (Å²) in [5.74, 6) is 0.581. The lowest BCUT2D eigenvalue weighted by molar-refractivity contribution is 0.0497. The molecule has 1 aliphatic heterocycles. The predicted molar refractivity (Wildman–Crippen MR) is 72.4 cm³/mol. The second kappa shape index (κ2) is 6.29. The van der Waals surface area contributed by atoms with Gasteiger partial charge in [-0.05, 0) is 46.8 Å². The molecule has 0 aromatic carbocycles. The van der Waals surface area contributed by atoms with Crippen molar-refractivity contribution in [1.29, 1.82) is 0 Å². The summed E-state index contributed by atoms with van der Waals surface area (Å²) >= 11 is 3.26. The minimum Gasteiger partial charge on any atom is -0.381 e. The zero-order chi connectivity index (χ0) is 13.0. The average molecular weight is 313 g/mol. The lowest BCUT2D eigenvalue weighted by atomic mass is 10.00. The number of hydrogen-bond donors (Lipinski definition) is 0. The number of pyridine rings is 1. The van der Waals surface area contributed by atoms with Crippen molar-refractivity contribution in [2.45, 2.75) is 12.8 Å². The van der Waals surface area contributed by atoms with Crippen molar-refractivity contribution in [2.75, 3.05) is 26.8 Å². The molecule has 1 aliphatic rings. The highest BCUT2D eigenvalue weighted by molar-refractivity contribution is 9.10. The van der Waals surface area contributed by atoms with E-state index in [0.29, 0.717) is 11.5 Å². The third-order valence-electron chi connectivity index (χ3n) is 3.19. The Labute approximate surface area is 115 Å². The molecule has 4 nitrogen and oxygen atoms in total. The smallest absolute Gasteiger partial charge is 0.255 e. The lowest BCUT2D eigenvalue weighted by Gasteiger charge is -2.27. The second-order valence-electron chi connectivity index (χ2n) is 4.61. The number of aromatic nitrogens is 1. The summed E-state index contributed by atoms with van der Waals surface area (Å²) in [5, 5.41) is 0. The van der Waals surface area contributed by atoms with Crippen molar-refractivity contribution < 1.29 is 9.53 Å². The minimum atomic E-state index is 0.0292. The van der Waals surface area contributed by atoms with Crippen LogP contribution in [0.1, 0.15) is 23.2 Å². The summed E-state index contributed by atoms with van der Waals surface area (Å²) in [7, 11) is 1.85. The van der Waals surface area contributed by atoms with Crippen LogP contribution in [0.15, 0.2) is 22.9 Å². The highest BCUT2D eigenvalue weighted by Crippen LogP contribution is 2.17. The first-order chi connectivity index (χ1) is 8.66. The molecule has 1 saturated heterocycles. The first-order valence-corrected chi connectivity index (χ1v) is 6.91. The number of nitrogens with zero attached hydrogens (tertiary/aromatic N) is 2. The van der Waals surface area contributed by atoms with E-state index in [1.807, 2.05) is 7.05 Å². The third-order valence-corrected chi connectivity index (χ3v) is 3.66. The molecule has 0 spiro atoms. The molecular formula is C13H17BrN2O2. The molecule has 1 aromatic rings. The first-order valence-electron chi connectivity index (χ1n) is 6.11. The molecule has 18 heavy (non-hydrogen) atoms. The van der Waals surface area contributed by atoms with Gasteiger partial charge in [-0.15, -0.1) is 0 Å². The molecule has 0 aliphatic carbocycles. The van der Waals surface area contributed by atoms with Gasteiger partial charge >= 0.3 is 0 Å². The zero-order valence-electron chi connectivity index (χ0n) is 10.4. The van der Waals surface area contributed by atoms with Gasteiger partial charge in [0.25, 0.3) is 5.91 Å². The van der Waals surface area contributed by atoms with Gasteiger partial charge in [0.2, 0.25) is 0 Å². The fourth-order valence-electron chi connectivity index (χ4n) is 2.12. The van der Waals surface area contributed by atoms with Crippen LogP contribution in [-0.2, 0) is 4.74 Å². The summed E-state index contributed by atoms with van der Waals surface area (Å²) in [5.41, 5.74) is 0.632. The van der Waals surface area contributed by atoms with E-state index in [4.69, 9.17) is 4.74 Å². The van der Waals surface area contributed by atoms with Crippen LogP contribution in [0.25, 0.3) is 0 Å².